The van der Waals surface area contributed by atoms with Gasteiger partial charge in [-0.05, 0) is 30.3 Å². The molecule has 0 atom stereocenters. The molecule has 0 aromatic heterocycles. The van der Waals surface area contributed by atoms with Gasteiger partial charge in [0.05, 0.1) is 0 Å². The van der Waals surface area contributed by atoms with Crippen molar-refractivity contribution < 1.29 is 14.9 Å². The number of aromatic hydroxyl groups is 2. The highest BCUT2D eigenvalue weighted by Crippen LogP contribution is 2.40. The number of rotatable bonds is 2. The maximum absolute atomic E-state index is 9.65. The molecule has 2 aromatic rings. The van der Waals surface area contributed by atoms with Crippen LogP contribution in [0.1, 0.15) is 0 Å². The maximum Gasteiger partial charge on any atom is 0.201 e. The molecular weight excluding hydrogens is 352 g/mol. The van der Waals surface area contributed by atoms with Crippen molar-refractivity contribution in [2.24, 2.45) is 0 Å². The summed E-state index contributed by atoms with van der Waals surface area (Å²) in [5.74, 6) is 0.236. The largest absolute Gasteiger partial charge is 0.504 e. The fraction of sp³-hybridized carbons (Fsp3) is 0. The summed E-state index contributed by atoms with van der Waals surface area (Å²) in [5.41, 5.74) is 0. The summed E-state index contributed by atoms with van der Waals surface area (Å²) in [7, 11) is 0. The molecule has 2 rings (SSSR count). The van der Waals surface area contributed by atoms with Gasteiger partial charge in [0.2, 0.25) is 5.75 Å². The van der Waals surface area contributed by atoms with Crippen LogP contribution in [-0.4, -0.2) is 10.2 Å². The average Bonchev–Trinajstić information content (AvgIpc) is 2.25. The summed E-state index contributed by atoms with van der Waals surface area (Å²) in [6.45, 7) is 0. The normalized spacial score (nSPS) is 10.2. The van der Waals surface area contributed by atoms with Crippen LogP contribution in [0.2, 0.25) is 0 Å². The Balaban J connectivity index is 2.36. The smallest absolute Gasteiger partial charge is 0.201 e. The van der Waals surface area contributed by atoms with Gasteiger partial charge in [0, 0.05) is 8.95 Å². The second-order valence-corrected chi connectivity index (χ2v) is 5.16. The Morgan fingerprint density at radius 1 is 0.941 bits per heavy atom. The summed E-state index contributed by atoms with van der Waals surface area (Å²) in [5, 5.41) is 19.1. The molecule has 0 bridgehead atoms. The first-order valence-corrected chi connectivity index (χ1v) is 6.30. The van der Waals surface area contributed by atoms with Crippen molar-refractivity contribution >= 4 is 31.9 Å². The van der Waals surface area contributed by atoms with Crippen molar-refractivity contribution in [3.8, 4) is 23.0 Å². The highest BCUT2D eigenvalue weighted by Gasteiger charge is 2.10. The number of phenols is 2. The first-order valence-electron chi connectivity index (χ1n) is 4.71. The molecule has 0 radical (unpaired) electrons. The first kappa shape index (κ1) is 12.3. The summed E-state index contributed by atoms with van der Waals surface area (Å²) in [6.07, 6.45) is 0. The quantitative estimate of drug-likeness (QED) is 0.780. The lowest BCUT2D eigenvalue weighted by molar-refractivity contribution is 0.372. The van der Waals surface area contributed by atoms with Gasteiger partial charge < -0.3 is 14.9 Å². The van der Waals surface area contributed by atoms with Crippen molar-refractivity contribution in [3.63, 3.8) is 0 Å². The fourth-order valence-electron chi connectivity index (χ4n) is 1.30. The minimum absolute atomic E-state index is 0.190. The highest BCUT2D eigenvalue weighted by atomic mass is 79.9. The van der Waals surface area contributed by atoms with Gasteiger partial charge in [-0.2, -0.15) is 0 Å². The van der Waals surface area contributed by atoms with E-state index in [1.54, 1.807) is 18.2 Å². The van der Waals surface area contributed by atoms with Gasteiger partial charge in [-0.25, -0.2) is 0 Å². The molecule has 0 amide bonds. The fourth-order valence-corrected chi connectivity index (χ4v) is 2.10. The highest BCUT2D eigenvalue weighted by molar-refractivity contribution is 9.10. The zero-order chi connectivity index (χ0) is 12.4. The van der Waals surface area contributed by atoms with E-state index in [4.69, 9.17) is 4.74 Å². The summed E-state index contributed by atoms with van der Waals surface area (Å²) in [6, 6.07) is 10.2. The predicted octanol–water partition coefficient (Wildman–Crippen LogP) is 4.42. The molecular formula is C12H8Br2O3. The van der Waals surface area contributed by atoms with Crippen molar-refractivity contribution in [1.29, 1.82) is 0 Å². The lowest BCUT2D eigenvalue weighted by Crippen LogP contribution is -1.85. The Bertz CT molecular complexity index is 555. The first-order chi connectivity index (χ1) is 8.06. The Hall–Kier alpha value is -1.20. The van der Waals surface area contributed by atoms with E-state index in [1.165, 1.54) is 6.07 Å². The average molecular weight is 360 g/mol. The number of halogens is 2. The molecule has 0 aliphatic heterocycles. The zero-order valence-corrected chi connectivity index (χ0v) is 11.7. The SMILES string of the molecule is Oc1cc(Br)cc(Oc2cccc(Br)c2)c1O. The second-order valence-electron chi connectivity index (χ2n) is 3.33. The van der Waals surface area contributed by atoms with Crippen molar-refractivity contribution in [1.82, 2.24) is 0 Å². The van der Waals surface area contributed by atoms with Crippen LogP contribution in [0.5, 0.6) is 23.0 Å². The monoisotopic (exact) mass is 358 g/mol. The van der Waals surface area contributed by atoms with Gasteiger partial charge in [-0.15, -0.1) is 0 Å². The molecule has 0 heterocycles. The number of hydrogen-bond acceptors (Lipinski definition) is 3. The van der Waals surface area contributed by atoms with Gasteiger partial charge in [0.15, 0.2) is 11.5 Å². The number of phenolic OH excluding ortho intramolecular Hbond substituents is 2. The molecule has 2 aromatic carbocycles. The number of ether oxygens (including phenoxy) is 1. The lowest BCUT2D eigenvalue weighted by Gasteiger charge is -2.09. The minimum Gasteiger partial charge on any atom is -0.504 e. The Kier molecular flexibility index (Phi) is 3.59. The molecule has 3 nitrogen and oxygen atoms in total. The van der Waals surface area contributed by atoms with Gasteiger partial charge >= 0.3 is 0 Å². The lowest BCUT2D eigenvalue weighted by atomic mass is 10.3. The number of hydrogen-bond donors (Lipinski definition) is 2. The molecule has 0 fully saturated rings. The topological polar surface area (TPSA) is 49.7 Å². The van der Waals surface area contributed by atoms with E-state index in [9.17, 15) is 10.2 Å². The van der Waals surface area contributed by atoms with E-state index in [2.05, 4.69) is 31.9 Å². The van der Waals surface area contributed by atoms with Crippen LogP contribution in [0.15, 0.2) is 45.3 Å². The third-order valence-corrected chi connectivity index (χ3v) is 2.99. The van der Waals surface area contributed by atoms with Crippen LogP contribution < -0.4 is 4.74 Å². The maximum atomic E-state index is 9.65. The molecule has 17 heavy (non-hydrogen) atoms. The van der Waals surface area contributed by atoms with Crippen LogP contribution >= 0.6 is 31.9 Å². The van der Waals surface area contributed by atoms with Crippen LogP contribution in [0, 0.1) is 0 Å². The van der Waals surface area contributed by atoms with E-state index < -0.39 is 0 Å². The molecule has 2 N–H and O–H groups in total. The molecule has 0 unspecified atom stereocenters. The van der Waals surface area contributed by atoms with Crippen LogP contribution in [0.3, 0.4) is 0 Å². The molecule has 88 valence electrons. The van der Waals surface area contributed by atoms with Crippen LogP contribution in [0.25, 0.3) is 0 Å². The van der Waals surface area contributed by atoms with Gasteiger partial charge in [-0.1, -0.05) is 37.9 Å². The number of benzene rings is 2. The van der Waals surface area contributed by atoms with E-state index >= 15 is 0 Å². The van der Waals surface area contributed by atoms with Crippen LogP contribution in [-0.2, 0) is 0 Å². The van der Waals surface area contributed by atoms with E-state index in [1.807, 2.05) is 12.1 Å². The van der Waals surface area contributed by atoms with Crippen molar-refractivity contribution in [2.75, 3.05) is 0 Å². The molecule has 0 aliphatic carbocycles. The zero-order valence-electron chi connectivity index (χ0n) is 8.52. The Morgan fingerprint density at radius 2 is 1.71 bits per heavy atom. The van der Waals surface area contributed by atoms with Crippen molar-refractivity contribution in [3.05, 3.63) is 45.3 Å². The minimum atomic E-state index is -0.284. The van der Waals surface area contributed by atoms with E-state index in [-0.39, 0.29) is 17.2 Å². The molecule has 0 spiro atoms. The van der Waals surface area contributed by atoms with E-state index in [0.717, 1.165) is 4.47 Å². The molecule has 0 saturated heterocycles. The summed E-state index contributed by atoms with van der Waals surface area (Å²) < 4.78 is 6.97. The van der Waals surface area contributed by atoms with Crippen molar-refractivity contribution in [2.45, 2.75) is 0 Å². The second kappa shape index (κ2) is 4.98. The van der Waals surface area contributed by atoms with Gasteiger partial charge in [0.1, 0.15) is 5.75 Å². The summed E-state index contributed by atoms with van der Waals surface area (Å²) >= 11 is 6.54. The molecule has 0 aliphatic rings. The van der Waals surface area contributed by atoms with Crippen LogP contribution in [0.4, 0.5) is 0 Å². The standard InChI is InChI=1S/C12H8Br2O3/c13-7-2-1-3-9(4-7)17-11-6-8(14)5-10(15)12(11)16/h1-6,15-16H. The predicted molar refractivity (Wildman–Crippen MR) is 71.7 cm³/mol. The van der Waals surface area contributed by atoms with Gasteiger partial charge in [0.25, 0.3) is 0 Å². The third kappa shape index (κ3) is 2.92. The molecule has 0 saturated carbocycles. The van der Waals surface area contributed by atoms with E-state index in [0.29, 0.717) is 10.2 Å². The molecule has 5 heteroatoms. The van der Waals surface area contributed by atoms with Gasteiger partial charge in [-0.3, -0.25) is 0 Å². The Morgan fingerprint density at radius 3 is 2.41 bits per heavy atom. The third-order valence-electron chi connectivity index (χ3n) is 2.04. The summed E-state index contributed by atoms with van der Waals surface area (Å²) in [4.78, 5) is 0. The Labute approximate surface area is 115 Å².